The molecular weight excluding hydrogens is 424 g/mol. The normalized spacial score (nSPS) is 12.7. The summed E-state index contributed by atoms with van der Waals surface area (Å²) < 4.78 is 17.2. The number of benzene rings is 1. The fourth-order valence-electron chi connectivity index (χ4n) is 3.40. The molecule has 1 aromatic carbocycles. The molecule has 1 amide bonds. The summed E-state index contributed by atoms with van der Waals surface area (Å²) in [7, 11) is 1.25. The zero-order valence-electron chi connectivity index (χ0n) is 20.5. The van der Waals surface area contributed by atoms with Crippen LogP contribution in [0.25, 0.3) is 10.9 Å². The third-order valence-corrected chi connectivity index (χ3v) is 4.55. The number of amides is 1. The predicted molar refractivity (Wildman–Crippen MR) is 126 cm³/mol. The largest absolute Gasteiger partial charge is 0.467 e. The fraction of sp³-hybridized carbons (Fsp3) is 0.480. The Balaban J connectivity index is 2.53. The summed E-state index contributed by atoms with van der Waals surface area (Å²) in [6, 6.07) is 4.58. The van der Waals surface area contributed by atoms with E-state index in [1.54, 1.807) is 53.8 Å². The molecule has 1 N–H and O–H groups in total. The van der Waals surface area contributed by atoms with Gasteiger partial charge in [-0.05, 0) is 65.2 Å². The van der Waals surface area contributed by atoms with Crippen LogP contribution in [0.2, 0.25) is 0 Å². The van der Waals surface area contributed by atoms with Gasteiger partial charge in [0.05, 0.1) is 12.6 Å². The summed E-state index contributed by atoms with van der Waals surface area (Å²) in [6.07, 6.45) is 2.78. The van der Waals surface area contributed by atoms with Crippen LogP contribution in [-0.4, -0.2) is 47.1 Å². The molecule has 8 heteroatoms. The second-order valence-corrected chi connectivity index (χ2v) is 9.73. The van der Waals surface area contributed by atoms with Gasteiger partial charge in [-0.2, -0.15) is 0 Å². The topological polar surface area (TPSA) is 95.9 Å². The number of aromatic nitrogens is 1. The van der Waals surface area contributed by atoms with Gasteiger partial charge in [-0.15, -0.1) is 6.58 Å². The van der Waals surface area contributed by atoms with E-state index in [4.69, 9.17) is 14.2 Å². The maximum Gasteiger partial charge on any atom is 0.419 e. The fourth-order valence-corrected chi connectivity index (χ4v) is 3.40. The van der Waals surface area contributed by atoms with Crippen molar-refractivity contribution in [3.8, 4) is 0 Å². The third-order valence-electron chi connectivity index (χ3n) is 4.55. The SMILES string of the molecule is C=CCc1cccc2c1c(C[C@@H](NC(=O)OC(C)(C)C)C(=O)OC)cn2C(=O)OC(C)(C)C. The first kappa shape index (κ1) is 26.0. The Labute approximate surface area is 194 Å². The number of methoxy groups -OCH3 is 1. The lowest BCUT2D eigenvalue weighted by Gasteiger charge is -2.22. The first-order chi connectivity index (χ1) is 15.3. The molecule has 1 atom stereocenters. The van der Waals surface area contributed by atoms with Gasteiger partial charge < -0.3 is 19.5 Å². The van der Waals surface area contributed by atoms with Crippen LogP contribution in [0.15, 0.2) is 37.1 Å². The monoisotopic (exact) mass is 458 g/mol. The minimum Gasteiger partial charge on any atom is -0.467 e. The molecule has 1 heterocycles. The summed E-state index contributed by atoms with van der Waals surface area (Å²) in [5.74, 6) is -0.625. The lowest BCUT2D eigenvalue weighted by atomic mass is 9.99. The van der Waals surface area contributed by atoms with Crippen LogP contribution in [0.4, 0.5) is 9.59 Å². The molecule has 33 heavy (non-hydrogen) atoms. The summed E-state index contributed by atoms with van der Waals surface area (Å²) in [4.78, 5) is 37.7. The number of ether oxygens (including phenoxy) is 3. The third kappa shape index (κ3) is 7.10. The zero-order chi connectivity index (χ0) is 25.0. The Kier molecular flexibility index (Phi) is 7.95. The van der Waals surface area contributed by atoms with Crippen LogP contribution in [-0.2, 0) is 31.8 Å². The second kappa shape index (κ2) is 10.1. The molecule has 0 unspecified atom stereocenters. The highest BCUT2D eigenvalue weighted by atomic mass is 16.6. The van der Waals surface area contributed by atoms with Crippen molar-refractivity contribution in [1.29, 1.82) is 0 Å². The van der Waals surface area contributed by atoms with Gasteiger partial charge in [0.25, 0.3) is 0 Å². The highest BCUT2D eigenvalue weighted by molar-refractivity contribution is 5.95. The van der Waals surface area contributed by atoms with Crippen LogP contribution >= 0.6 is 0 Å². The number of nitrogens with one attached hydrogen (secondary N) is 1. The highest BCUT2D eigenvalue weighted by Gasteiger charge is 2.28. The second-order valence-electron chi connectivity index (χ2n) is 9.73. The van der Waals surface area contributed by atoms with E-state index in [9.17, 15) is 14.4 Å². The number of alkyl carbamates (subject to hydrolysis) is 1. The smallest absolute Gasteiger partial charge is 0.419 e. The summed E-state index contributed by atoms with van der Waals surface area (Å²) in [5.41, 5.74) is 0.841. The highest BCUT2D eigenvalue weighted by Crippen LogP contribution is 2.28. The van der Waals surface area contributed by atoms with Gasteiger partial charge in [0.15, 0.2) is 0 Å². The summed E-state index contributed by atoms with van der Waals surface area (Å²) in [6.45, 7) is 14.4. The van der Waals surface area contributed by atoms with Crippen molar-refractivity contribution in [2.24, 2.45) is 0 Å². The Morgan fingerprint density at radius 2 is 1.70 bits per heavy atom. The number of hydrogen-bond donors (Lipinski definition) is 1. The minimum atomic E-state index is -1.01. The van der Waals surface area contributed by atoms with Crippen molar-refractivity contribution >= 4 is 29.1 Å². The molecule has 0 fully saturated rings. The van der Waals surface area contributed by atoms with Crippen LogP contribution in [0.5, 0.6) is 0 Å². The number of hydrogen-bond acceptors (Lipinski definition) is 6. The number of carbonyl (C=O) groups excluding carboxylic acids is 3. The van der Waals surface area contributed by atoms with Gasteiger partial charge in [0, 0.05) is 18.0 Å². The summed E-state index contributed by atoms with van der Waals surface area (Å²) in [5, 5.41) is 3.38. The first-order valence-corrected chi connectivity index (χ1v) is 10.8. The van der Waals surface area contributed by atoms with E-state index in [0.717, 1.165) is 10.9 Å². The van der Waals surface area contributed by atoms with E-state index in [-0.39, 0.29) is 6.42 Å². The molecule has 2 rings (SSSR count). The molecule has 0 bridgehead atoms. The number of esters is 1. The van der Waals surface area contributed by atoms with Crippen molar-refractivity contribution in [2.75, 3.05) is 7.11 Å². The lowest BCUT2D eigenvalue weighted by molar-refractivity contribution is -0.143. The van der Waals surface area contributed by atoms with Crippen molar-refractivity contribution < 1.29 is 28.6 Å². The predicted octanol–water partition coefficient (Wildman–Crippen LogP) is 4.76. The van der Waals surface area contributed by atoms with Gasteiger partial charge in [-0.1, -0.05) is 18.2 Å². The van der Waals surface area contributed by atoms with Gasteiger partial charge in [0.1, 0.15) is 17.2 Å². The van der Waals surface area contributed by atoms with Gasteiger partial charge in [0.2, 0.25) is 0 Å². The Hall–Kier alpha value is -3.29. The van der Waals surface area contributed by atoms with E-state index < -0.39 is 35.4 Å². The molecule has 0 radical (unpaired) electrons. The number of fused-ring (bicyclic) bond motifs is 1. The van der Waals surface area contributed by atoms with E-state index in [0.29, 0.717) is 17.5 Å². The molecule has 0 aliphatic carbocycles. The molecule has 8 nitrogen and oxygen atoms in total. The van der Waals surface area contributed by atoms with Crippen molar-refractivity contribution in [2.45, 2.75) is 71.6 Å². The molecule has 180 valence electrons. The summed E-state index contributed by atoms with van der Waals surface area (Å²) >= 11 is 0. The van der Waals surface area contributed by atoms with Crippen LogP contribution < -0.4 is 5.32 Å². The number of rotatable bonds is 6. The van der Waals surface area contributed by atoms with E-state index in [1.807, 2.05) is 18.2 Å². The molecule has 0 spiro atoms. The maximum atomic E-state index is 12.9. The van der Waals surface area contributed by atoms with E-state index in [1.165, 1.54) is 11.7 Å². The molecule has 0 aliphatic heterocycles. The van der Waals surface area contributed by atoms with Crippen LogP contribution in [0.3, 0.4) is 0 Å². The maximum absolute atomic E-state index is 12.9. The van der Waals surface area contributed by atoms with Crippen LogP contribution in [0.1, 0.15) is 52.7 Å². The molecule has 0 aliphatic rings. The van der Waals surface area contributed by atoms with Crippen LogP contribution in [0, 0.1) is 0 Å². The average molecular weight is 459 g/mol. The standard InChI is InChI=1S/C25H34N2O6/c1-9-11-16-12-10-13-19-20(16)17(15-27(19)23(30)33-25(5,6)7)14-18(21(28)31-8)26-22(29)32-24(2,3)4/h9-10,12-13,15,18H,1,11,14H2,2-8H3,(H,26,29)/t18-/m1/s1. The lowest BCUT2D eigenvalue weighted by Crippen LogP contribution is -2.45. The van der Waals surface area contributed by atoms with Crippen molar-refractivity contribution in [3.63, 3.8) is 0 Å². The number of carbonyl (C=O) groups is 3. The van der Waals surface area contributed by atoms with E-state index in [2.05, 4.69) is 11.9 Å². The molecular formula is C25H34N2O6. The molecule has 1 aromatic heterocycles. The Morgan fingerprint density at radius 1 is 1.06 bits per heavy atom. The molecule has 0 saturated carbocycles. The van der Waals surface area contributed by atoms with E-state index >= 15 is 0 Å². The molecule has 2 aromatic rings. The van der Waals surface area contributed by atoms with Crippen molar-refractivity contribution in [1.82, 2.24) is 9.88 Å². The van der Waals surface area contributed by atoms with Gasteiger partial charge >= 0.3 is 18.2 Å². The quantitative estimate of drug-likeness (QED) is 0.381. The van der Waals surface area contributed by atoms with Crippen molar-refractivity contribution in [3.05, 3.63) is 48.2 Å². The Morgan fingerprint density at radius 3 is 2.24 bits per heavy atom. The number of allylic oxidation sites excluding steroid dienone is 1. The first-order valence-electron chi connectivity index (χ1n) is 10.8. The minimum absolute atomic E-state index is 0.0897. The average Bonchev–Trinajstić information content (AvgIpc) is 3.04. The zero-order valence-corrected chi connectivity index (χ0v) is 20.5. The Bertz CT molecular complexity index is 1040. The van der Waals surface area contributed by atoms with Gasteiger partial charge in [-0.25, -0.2) is 14.4 Å². The van der Waals surface area contributed by atoms with Gasteiger partial charge in [-0.3, -0.25) is 4.57 Å². The number of nitrogens with zero attached hydrogens (tertiary/aromatic N) is 1. The molecule has 0 saturated heterocycles.